The van der Waals surface area contributed by atoms with E-state index in [2.05, 4.69) is 4.90 Å². The van der Waals surface area contributed by atoms with E-state index in [4.69, 9.17) is 14.2 Å². The number of hydrogen-bond donors (Lipinski definition) is 0. The number of esters is 1. The number of methoxy groups -OCH3 is 2. The molecule has 1 aliphatic rings. The largest absolute Gasteiger partial charge is 0.497 e. The molecule has 3 aromatic rings. The Labute approximate surface area is 218 Å². The van der Waals surface area contributed by atoms with Crippen LogP contribution in [0.4, 0.5) is 0 Å². The molecule has 0 bridgehead atoms. The van der Waals surface area contributed by atoms with Gasteiger partial charge in [-0.05, 0) is 41.0 Å². The molecule has 0 radical (unpaired) electrons. The molecule has 0 N–H and O–H groups in total. The van der Waals surface area contributed by atoms with E-state index in [9.17, 15) is 9.59 Å². The van der Waals surface area contributed by atoms with Crippen LogP contribution in [0, 0.1) is 0 Å². The van der Waals surface area contributed by atoms with Crippen LogP contribution < -0.4 is 4.74 Å². The molecule has 0 aromatic heterocycles. The van der Waals surface area contributed by atoms with Gasteiger partial charge in [0.05, 0.1) is 38.9 Å². The molecule has 0 unspecified atom stereocenters. The molecular weight excluding hydrogens is 468 g/mol. The first-order valence-electron chi connectivity index (χ1n) is 12.5. The maximum Gasteiger partial charge on any atom is 0.337 e. The fraction of sp³-hybridized carbons (Fsp3) is 0.333. The molecule has 3 aromatic carbocycles. The van der Waals surface area contributed by atoms with Crippen LogP contribution in [0.25, 0.3) is 0 Å². The number of carbonyl (C=O) groups excluding carboxylic acids is 2. The summed E-state index contributed by atoms with van der Waals surface area (Å²) >= 11 is 0. The SMILES string of the molecule is COC(=O)c1ccc(CO[C@@H](CN2CCN(C(=O)Cc3ccccc3)CC2)c2cccc(OC)c2)cc1. The van der Waals surface area contributed by atoms with E-state index in [1.165, 1.54) is 7.11 Å². The van der Waals surface area contributed by atoms with Crippen molar-refractivity contribution in [3.05, 3.63) is 101 Å². The molecule has 0 saturated carbocycles. The number of carbonyl (C=O) groups is 2. The van der Waals surface area contributed by atoms with Crippen LogP contribution in [0.5, 0.6) is 5.75 Å². The first-order valence-corrected chi connectivity index (χ1v) is 12.5. The van der Waals surface area contributed by atoms with Gasteiger partial charge in [0, 0.05) is 32.7 Å². The van der Waals surface area contributed by atoms with Gasteiger partial charge < -0.3 is 19.1 Å². The average molecular weight is 503 g/mol. The lowest BCUT2D eigenvalue weighted by molar-refractivity contribution is -0.132. The Morgan fingerprint density at radius 3 is 2.24 bits per heavy atom. The van der Waals surface area contributed by atoms with E-state index in [1.807, 2.05) is 71.6 Å². The Morgan fingerprint density at radius 1 is 0.838 bits per heavy atom. The van der Waals surface area contributed by atoms with Gasteiger partial charge in [-0.15, -0.1) is 0 Å². The molecule has 0 aliphatic carbocycles. The van der Waals surface area contributed by atoms with Crippen molar-refractivity contribution in [3.8, 4) is 5.75 Å². The van der Waals surface area contributed by atoms with Crippen LogP contribution in [0.1, 0.15) is 33.2 Å². The van der Waals surface area contributed by atoms with E-state index in [0.717, 1.165) is 35.5 Å². The second kappa shape index (κ2) is 13.0. The van der Waals surface area contributed by atoms with Crippen molar-refractivity contribution in [2.75, 3.05) is 46.9 Å². The molecule has 1 saturated heterocycles. The van der Waals surface area contributed by atoms with E-state index >= 15 is 0 Å². The highest BCUT2D eigenvalue weighted by Crippen LogP contribution is 2.25. The Hall–Kier alpha value is -3.68. The second-order valence-electron chi connectivity index (χ2n) is 9.11. The summed E-state index contributed by atoms with van der Waals surface area (Å²) in [6.45, 7) is 4.08. The maximum absolute atomic E-state index is 12.8. The lowest BCUT2D eigenvalue weighted by Crippen LogP contribution is -2.50. The number of rotatable bonds is 10. The van der Waals surface area contributed by atoms with Crippen molar-refractivity contribution in [2.45, 2.75) is 19.1 Å². The highest BCUT2D eigenvalue weighted by molar-refractivity contribution is 5.89. The Bertz CT molecular complexity index is 1160. The molecule has 1 atom stereocenters. The number of hydrogen-bond acceptors (Lipinski definition) is 6. The minimum absolute atomic E-state index is 0.168. The van der Waals surface area contributed by atoms with Gasteiger partial charge in [0.2, 0.25) is 5.91 Å². The molecule has 37 heavy (non-hydrogen) atoms. The number of benzene rings is 3. The van der Waals surface area contributed by atoms with Crippen LogP contribution in [0.3, 0.4) is 0 Å². The van der Waals surface area contributed by atoms with Gasteiger partial charge in [-0.2, -0.15) is 0 Å². The van der Waals surface area contributed by atoms with Crippen LogP contribution in [-0.2, 0) is 27.3 Å². The maximum atomic E-state index is 12.8. The predicted octanol–water partition coefficient (Wildman–Crippen LogP) is 4.13. The first-order chi connectivity index (χ1) is 18.1. The summed E-state index contributed by atoms with van der Waals surface area (Å²) in [6, 6.07) is 25.1. The Morgan fingerprint density at radius 2 is 1.57 bits per heavy atom. The van der Waals surface area contributed by atoms with Crippen molar-refractivity contribution < 1.29 is 23.8 Å². The lowest BCUT2D eigenvalue weighted by Gasteiger charge is -2.36. The topological polar surface area (TPSA) is 68.3 Å². The average Bonchev–Trinajstić information content (AvgIpc) is 2.96. The molecule has 7 heteroatoms. The summed E-state index contributed by atoms with van der Waals surface area (Å²) in [4.78, 5) is 28.8. The second-order valence-corrected chi connectivity index (χ2v) is 9.11. The quantitative estimate of drug-likeness (QED) is 0.389. The molecule has 7 nitrogen and oxygen atoms in total. The van der Waals surface area contributed by atoms with Crippen LogP contribution in [0.2, 0.25) is 0 Å². The van der Waals surface area contributed by atoms with E-state index in [1.54, 1.807) is 19.2 Å². The highest BCUT2D eigenvalue weighted by Gasteiger charge is 2.24. The van der Waals surface area contributed by atoms with E-state index < -0.39 is 0 Å². The molecule has 194 valence electrons. The molecule has 0 spiro atoms. The van der Waals surface area contributed by atoms with Crippen LogP contribution in [0.15, 0.2) is 78.9 Å². The van der Waals surface area contributed by atoms with Crippen molar-refractivity contribution in [1.29, 1.82) is 0 Å². The number of amides is 1. The van der Waals surface area contributed by atoms with E-state index in [0.29, 0.717) is 38.2 Å². The summed E-state index contributed by atoms with van der Waals surface area (Å²) in [5.41, 5.74) is 3.56. The first kappa shape index (κ1) is 26.4. The standard InChI is InChI=1S/C30H34N2O5/c1-35-27-10-6-9-26(20-27)28(37-22-24-11-13-25(14-12-24)30(34)36-2)21-31-15-17-32(18-16-31)29(33)19-23-7-4-3-5-8-23/h3-14,20,28H,15-19,21-22H2,1-2H3/t28-/m0/s1. The van der Waals surface area contributed by atoms with Crippen molar-refractivity contribution >= 4 is 11.9 Å². The third-order valence-electron chi connectivity index (χ3n) is 6.64. The molecule has 4 rings (SSSR count). The monoisotopic (exact) mass is 502 g/mol. The minimum atomic E-state index is -0.358. The third-order valence-corrected chi connectivity index (χ3v) is 6.64. The molecule has 1 amide bonds. The zero-order valence-corrected chi connectivity index (χ0v) is 21.5. The Kier molecular flexibility index (Phi) is 9.29. The summed E-state index contributed by atoms with van der Waals surface area (Å²) in [5, 5.41) is 0. The molecule has 1 aliphatic heterocycles. The molecular formula is C30H34N2O5. The normalized spacial score (nSPS) is 14.7. The van der Waals surface area contributed by atoms with Gasteiger partial charge in [-0.3, -0.25) is 9.69 Å². The zero-order valence-electron chi connectivity index (χ0n) is 21.5. The highest BCUT2D eigenvalue weighted by atomic mass is 16.5. The van der Waals surface area contributed by atoms with Gasteiger partial charge in [0.15, 0.2) is 0 Å². The fourth-order valence-electron chi connectivity index (χ4n) is 4.44. The van der Waals surface area contributed by atoms with Gasteiger partial charge in [-0.25, -0.2) is 4.79 Å². The predicted molar refractivity (Wildman–Crippen MR) is 141 cm³/mol. The fourth-order valence-corrected chi connectivity index (χ4v) is 4.44. The summed E-state index contributed by atoms with van der Waals surface area (Å²) in [7, 11) is 3.03. The summed E-state index contributed by atoms with van der Waals surface area (Å²) in [6.07, 6.45) is 0.257. The van der Waals surface area contributed by atoms with Gasteiger partial charge >= 0.3 is 5.97 Å². The number of ether oxygens (including phenoxy) is 3. The third kappa shape index (κ3) is 7.41. The Balaban J connectivity index is 1.37. The van der Waals surface area contributed by atoms with Crippen molar-refractivity contribution in [1.82, 2.24) is 9.80 Å². The molecule has 1 fully saturated rings. The molecule has 1 heterocycles. The number of nitrogens with zero attached hydrogens (tertiary/aromatic N) is 2. The zero-order chi connectivity index (χ0) is 26.0. The lowest BCUT2D eigenvalue weighted by atomic mass is 10.1. The minimum Gasteiger partial charge on any atom is -0.497 e. The van der Waals surface area contributed by atoms with Crippen LogP contribution >= 0.6 is 0 Å². The van der Waals surface area contributed by atoms with E-state index in [-0.39, 0.29) is 18.0 Å². The summed E-state index contributed by atoms with van der Waals surface area (Å²) < 4.78 is 16.6. The van der Waals surface area contributed by atoms with Crippen molar-refractivity contribution in [3.63, 3.8) is 0 Å². The smallest absolute Gasteiger partial charge is 0.337 e. The van der Waals surface area contributed by atoms with Crippen LogP contribution in [-0.4, -0.2) is 68.6 Å². The van der Waals surface area contributed by atoms with Gasteiger partial charge in [0.1, 0.15) is 5.75 Å². The number of piperazine rings is 1. The van der Waals surface area contributed by atoms with Gasteiger partial charge in [0.25, 0.3) is 0 Å². The van der Waals surface area contributed by atoms with Crippen molar-refractivity contribution in [2.24, 2.45) is 0 Å². The van der Waals surface area contributed by atoms with Gasteiger partial charge in [-0.1, -0.05) is 54.6 Å². The summed E-state index contributed by atoms with van der Waals surface area (Å²) in [5.74, 6) is 0.592.